The fraction of sp³-hybridized carbons (Fsp3) is 0. The molecule has 0 aliphatic heterocycles. The highest BCUT2D eigenvalue weighted by Gasteiger charge is 2.12. The van der Waals surface area contributed by atoms with E-state index in [0.717, 1.165) is 68.3 Å². The Morgan fingerprint density at radius 3 is 0.686 bits per heavy atom. The van der Waals surface area contributed by atoms with Crippen molar-refractivity contribution in [3.8, 4) is 68.3 Å². The summed E-state index contributed by atoms with van der Waals surface area (Å²) in [5, 5.41) is 0. The summed E-state index contributed by atoms with van der Waals surface area (Å²) in [4.78, 5) is 24.0. The van der Waals surface area contributed by atoms with E-state index in [4.69, 9.17) is 0 Å². The Labute approximate surface area is 200 Å². The smallest absolute Gasteiger partial charge is 0.0624 e. The first-order valence-corrected chi connectivity index (χ1v) is 11.5. The van der Waals surface area contributed by atoms with Gasteiger partial charge in [-0.2, -0.15) is 0 Å². The van der Waals surface area contributed by atoms with E-state index in [0.29, 0.717) is 0 Å². The maximum Gasteiger partial charge on any atom is 0.0624 e. The van der Waals surface area contributed by atoms with Gasteiger partial charge in [0.1, 0.15) is 0 Å². The average molecular weight is 458 g/mol. The van der Waals surface area contributed by atoms with Crippen molar-refractivity contribution in [3.05, 3.63) is 97.3 Å². The molecule has 7 N–H and O–H groups in total. The predicted molar refractivity (Wildman–Crippen MR) is 140 cm³/mol. The van der Waals surface area contributed by atoms with E-state index in [1.807, 2.05) is 24.5 Å². The zero-order valence-electron chi connectivity index (χ0n) is 18.7. The van der Waals surface area contributed by atoms with Gasteiger partial charge in [-0.15, -0.1) is 0 Å². The van der Waals surface area contributed by atoms with Crippen molar-refractivity contribution in [2.45, 2.75) is 0 Å². The van der Waals surface area contributed by atoms with Crippen molar-refractivity contribution < 1.29 is 0 Å². The second kappa shape index (κ2) is 7.78. The summed E-state index contributed by atoms with van der Waals surface area (Å²) in [6.07, 6.45) is 3.86. The molecule has 0 fully saturated rings. The molecule has 7 heteroatoms. The molecule has 7 aromatic heterocycles. The van der Waals surface area contributed by atoms with Crippen molar-refractivity contribution in [2.75, 3.05) is 0 Å². The molecule has 7 aromatic rings. The van der Waals surface area contributed by atoms with Crippen LogP contribution in [0.3, 0.4) is 0 Å². The molecule has 7 rings (SSSR count). The Hall–Kier alpha value is -5.04. The van der Waals surface area contributed by atoms with E-state index in [1.54, 1.807) is 0 Å². The zero-order chi connectivity index (χ0) is 23.2. The predicted octanol–water partition coefficient (Wildman–Crippen LogP) is 6.99. The van der Waals surface area contributed by atoms with E-state index in [2.05, 4.69) is 108 Å². The molecule has 7 nitrogen and oxygen atoms in total. The van der Waals surface area contributed by atoms with Crippen LogP contribution >= 0.6 is 0 Å². The fourth-order valence-electron chi connectivity index (χ4n) is 4.54. The fourth-order valence-corrected chi connectivity index (χ4v) is 4.54. The Balaban J connectivity index is 1.11. The molecule has 0 saturated heterocycles. The first kappa shape index (κ1) is 19.4. The molecule has 0 spiro atoms. The van der Waals surface area contributed by atoms with E-state index < -0.39 is 0 Å². The maximum atomic E-state index is 3.54. The minimum absolute atomic E-state index is 1.03. The first-order valence-electron chi connectivity index (χ1n) is 11.5. The number of H-pyrrole nitrogens is 7. The van der Waals surface area contributed by atoms with Crippen LogP contribution < -0.4 is 0 Å². The Bertz CT molecular complexity index is 1570. The van der Waals surface area contributed by atoms with E-state index >= 15 is 0 Å². The van der Waals surface area contributed by atoms with Crippen LogP contribution in [0.4, 0.5) is 0 Å². The highest BCUT2D eigenvalue weighted by Crippen LogP contribution is 2.30. The molecule has 35 heavy (non-hydrogen) atoms. The van der Waals surface area contributed by atoms with Gasteiger partial charge < -0.3 is 34.9 Å². The van der Waals surface area contributed by atoms with Crippen molar-refractivity contribution in [1.29, 1.82) is 0 Å². The van der Waals surface area contributed by atoms with Gasteiger partial charge in [-0.3, -0.25) is 0 Å². The van der Waals surface area contributed by atoms with E-state index in [-0.39, 0.29) is 0 Å². The lowest BCUT2D eigenvalue weighted by molar-refractivity contribution is 1.27. The number of aromatic amines is 7. The molecular weight excluding hydrogens is 434 g/mol. The average Bonchev–Trinajstić information content (AvgIpc) is 3.71. The first-order chi connectivity index (χ1) is 17.3. The molecular formula is C28H23N7. The van der Waals surface area contributed by atoms with Crippen LogP contribution in [0.25, 0.3) is 68.3 Å². The molecule has 0 aliphatic rings. The molecule has 0 aromatic carbocycles. The SMILES string of the molecule is c1c[nH]c(-c2ccc(-c3ccc(-c4ccc(-c5ccc(-c6ccc(-c7ccc[nH]7)[nH]6)[nH]5)[nH]4)[nH]3)[nH]2)c1. The summed E-state index contributed by atoms with van der Waals surface area (Å²) in [6, 6.07) is 29.0. The van der Waals surface area contributed by atoms with Gasteiger partial charge in [0.15, 0.2) is 0 Å². The highest BCUT2D eigenvalue weighted by atomic mass is 14.9. The van der Waals surface area contributed by atoms with Crippen LogP contribution in [0.1, 0.15) is 0 Å². The molecule has 170 valence electrons. The standard InChI is InChI=1S/C28H23N7/c1-3-17(29-15-1)19-5-7-21(31-19)23-9-11-25(33-23)27-13-14-28(35-27)26-12-10-24(34-26)22-8-6-20(32-22)18-4-2-16-30-18/h1-16,29-35H. The summed E-state index contributed by atoms with van der Waals surface area (Å²) < 4.78 is 0. The van der Waals surface area contributed by atoms with Gasteiger partial charge in [0.05, 0.1) is 68.3 Å². The lowest BCUT2D eigenvalue weighted by Gasteiger charge is -1.98. The van der Waals surface area contributed by atoms with Crippen LogP contribution in [-0.2, 0) is 0 Å². The van der Waals surface area contributed by atoms with Crippen LogP contribution in [-0.4, -0.2) is 34.9 Å². The van der Waals surface area contributed by atoms with Crippen LogP contribution in [0.5, 0.6) is 0 Å². The van der Waals surface area contributed by atoms with Crippen molar-refractivity contribution in [2.24, 2.45) is 0 Å². The summed E-state index contributed by atoms with van der Waals surface area (Å²) in [5.41, 5.74) is 12.6. The van der Waals surface area contributed by atoms with Gasteiger partial charge in [0, 0.05) is 12.4 Å². The summed E-state index contributed by atoms with van der Waals surface area (Å²) in [7, 11) is 0. The molecule has 0 atom stereocenters. The lowest BCUT2D eigenvalue weighted by atomic mass is 10.3. The van der Waals surface area contributed by atoms with Crippen molar-refractivity contribution >= 4 is 0 Å². The summed E-state index contributed by atoms with van der Waals surface area (Å²) in [5.74, 6) is 0. The third-order valence-electron chi connectivity index (χ3n) is 6.37. The summed E-state index contributed by atoms with van der Waals surface area (Å²) >= 11 is 0. The van der Waals surface area contributed by atoms with Gasteiger partial charge >= 0.3 is 0 Å². The minimum Gasteiger partial charge on any atom is -0.360 e. The van der Waals surface area contributed by atoms with Gasteiger partial charge in [-0.1, -0.05) is 0 Å². The number of rotatable bonds is 6. The number of hydrogen-bond donors (Lipinski definition) is 7. The Morgan fingerprint density at radius 1 is 0.257 bits per heavy atom. The van der Waals surface area contributed by atoms with E-state index in [1.165, 1.54) is 0 Å². The summed E-state index contributed by atoms with van der Waals surface area (Å²) in [6.45, 7) is 0. The monoisotopic (exact) mass is 457 g/mol. The number of hydrogen-bond acceptors (Lipinski definition) is 0. The molecule has 7 heterocycles. The molecule has 0 saturated carbocycles. The third-order valence-corrected chi connectivity index (χ3v) is 6.37. The van der Waals surface area contributed by atoms with Gasteiger partial charge in [0.25, 0.3) is 0 Å². The zero-order valence-corrected chi connectivity index (χ0v) is 18.7. The third kappa shape index (κ3) is 3.46. The number of aromatic nitrogens is 7. The molecule has 0 bridgehead atoms. The Morgan fingerprint density at radius 2 is 0.486 bits per heavy atom. The highest BCUT2D eigenvalue weighted by molar-refractivity contribution is 5.72. The molecule has 0 amide bonds. The van der Waals surface area contributed by atoms with Crippen LogP contribution in [0, 0.1) is 0 Å². The lowest BCUT2D eigenvalue weighted by Crippen LogP contribution is -1.83. The Kier molecular flexibility index (Phi) is 4.32. The maximum absolute atomic E-state index is 3.54. The topological polar surface area (TPSA) is 111 Å². The number of nitrogens with one attached hydrogen (secondary N) is 7. The van der Waals surface area contributed by atoms with Crippen LogP contribution in [0.2, 0.25) is 0 Å². The normalized spacial score (nSPS) is 11.4. The molecule has 0 unspecified atom stereocenters. The quantitative estimate of drug-likeness (QED) is 0.140. The largest absolute Gasteiger partial charge is 0.360 e. The van der Waals surface area contributed by atoms with Crippen molar-refractivity contribution in [1.82, 2.24) is 34.9 Å². The second-order valence-corrected chi connectivity index (χ2v) is 8.60. The minimum atomic E-state index is 1.03. The molecule has 0 radical (unpaired) electrons. The van der Waals surface area contributed by atoms with Gasteiger partial charge in [-0.05, 0) is 84.9 Å². The van der Waals surface area contributed by atoms with Crippen molar-refractivity contribution in [3.63, 3.8) is 0 Å². The second-order valence-electron chi connectivity index (χ2n) is 8.60. The van der Waals surface area contributed by atoms with E-state index in [9.17, 15) is 0 Å². The molecule has 0 aliphatic carbocycles. The van der Waals surface area contributed by atoms with Crippen LogP contribution in [0.15, 0.2) is 97.3 Å². The van der Waals surface area contributed by atoms with Gasteiger partial charge in [-0.25, -0.2) is 0 Å². The van der Waals surface area contributed by atoms with Gasteiger partial charge in [0.2, 0.25) is 0 Å².